The molecule has 26 heavy (non-hydrogen) atoms. The number of nitrogens with zero attached hydrogens (tertiary/aromatic N) is 1. The van der Waals surface area contributed by atoms with E-state index in [0.29, 0.717) is 5.69 Å². The van der Waals surface area contributed by atoms with Gasteiger partial charge in [-0.25, -0.2) is 8.78 Å². The summed E-state index contributed by atoms with van der Waals surface area (Å²) in [6.07, 6.45) is -0.275. The average Bonchev–Trinajstić information content (AvgIpc) is 2.90. The molecular weight excluding hydrogens is 344 g/mol. The zero-order valence-corrected chi connectivity index (χ0v) is 14.0. The minimum absolute atomic E-state index is 0.0438. The first-order valence-corrected chi connectivity index (χ1v) is 7.73. The number of hydrogen-bond donors (Lipinski definition) is 1. The van der Waals surface area contributed by atoms with Crippen LogP contribution in [0.3, 0.4) is 0 Å². The lowest BCUT2D eigenvalue weighted by atomic mass is 10.1. The Balaban J connectivity index is 2.29. The molecule has 1 N–H and O–H groups in total. The highest BCUT2D eigenvalue weighted by Crippen LogP contribution is 2.33. The summed E-state index contributed by atoms with van der Waals surface area (Å²) in [5.74, 6) is -3.31. The standard InChI is InChI=1S/C19H15F2NO4/c1-10-13(9-16(24)26-2)17-14(6-7-15(23)18(17)21)22(10)19(25)11-4-3-5-12(20)8-11/h3-8,23H,9H2,1-2H3. The summed E-state index contributed by atoms with van der Waals surface area (Å²) in [5.41, 5.74) is 0.781. The molecule has 134 valence electrons. The summed E-state index contributed by atoms with van der Waals surface area (Å²) in [5, 5.41) is 9.65. The second kappa shape index (κ2) is 6.59. The second-order valence-electron chi connectivity index (χ2n) is 5.76. The molecule has 0 fully saturated rings. The molecule has 0 unspecified atom stereocenters. The normalized spacial score (nSPS) is 10.9. The van der Waals surface area contributed by atoms with Crippen molar-refractivity contribution in [1.82, 2.24) is 4.57 Å². The van der Waals surface area contributed by atoms with Gasteiger partial charge in [-0.3, -0.25) is 14.2 Å². The molecule has 2 aromatic carbocycles. The Labute approximate surface area is 147 Å². The number of esters is 1. The second-order valence-corrected chi connectivity index (χ2v) is 5.76. The van der Waals surface area contributed by atoms with Crippen LogP contribution >= 0.6 is 0 Å². The fraction of sp³-hybridized carbons (Fsp3) is 0.158. The number of aromatic nitrogens is 1. The molecule has 0 saturated heterocycles. The van der Waals surface area contributed by atoms with Crippen LogP contribution in [-0.2, 0) is 16.0 Å². The van der Waals surface area contributed by atoms with E-state index in [1.807, 2.05) is 0 Å². The Morgan fingerprint density at radius 3 is 2.58 bits per heavy atom. The Morgan fingerprint density at radius 1 is 1.19 bits per heavy atom. The number of rotatable bonds is 3. The smallest absolute Gasteiger partial charge is 0.310 e. The van der Waals surface area contributed by atoms with E-state index in [-0.39, 0.29) is 28.5 Å². The number of ether oxygens (including phenoxy) is 1. The van der Waals surface area contributed by atoms with Crippen molar-refractivity contribution in [2.75, 3.05) is 7.11 Å². The van der Waals surface area contributed by atoms with E-state index >= 15 is 0 Å². The molecule has 0 aliphatic carbocycles. The molecular formula is C19H15F2NO4. The predicted octanol–water partition coefficient (Wildman–Crippen LogP) is 3.34. The molecule has 0 aliphatic heterocycles. The molecule has 0 spiro atoms. The summed E-state index contributed by atoms with van der Waals surface area (Å²) in [4.78, 5) is 24.6. The third-order valence-corrected chi connectivity index (χ3v) is 4.24. The number of carbonyl (C=O) groups excluding carboxylic acids is 2. The van der Waals surface area contributed by atoms with Gasteiger partial charge in [-0.15, -0.1) is 0 Å². The summed E-state index contributed by atoms with van der Waals surface area (Å²) in [6.45, 7) is 1.55. The van der Waals surface area contributed by atoms with Crippen molar-refractivity contribution >= 4 is 22.8 Å². The summed E-state index contributed by atoms with van der Waals surface area (Å²) in [6, 6.07) is 7.61. The zero-order valence-electron chi connectivity index (χ0n) is 14.0. The van der Waals surface area contributed by atoms with Gasteiger partial charge in [-0.1, -0.05) is 6.07 Å². The fourth-order valence-electron chi connectivity index (χ4n) is 2.97. The first-order chi connectivity index (χ1) is 12.3. The molecule has 0 atom stereocenters. The largest absolute Gasteiger partial charge is 0.505 e. The number of fused-ring (bicyclic) bond motifs is 1. The Hall–Kier alpha value is -3.22. The first kappa shape index (κ1) is 17.6. The van der Waals surface area contributed by atoms with Crippen LogP contribution in [-0.4, -0.2) is 28.7 Å². The number of phenolic OH excluding ortho intramolecular Hbond substituents is 1. The van der Waals surface area contributed by atoms with Crippen LogP contribution in [0.2, 0.25) is 0 Å². The molecule has 0 radical (unpaired) electrons. The van der Waals surface area contributed by atoms with Crippen molar-refractivity contribution in [2.45, 2.75) is 13.3 Å². The maximum Gasteiger partial charge on any atom is 0.310 e. The Kier molecular flexibility index (Phi) is 4.46. The zero-order chi connectivity index (χ0) is 19.0. The Bertz CT molecular complexity index is 1040. The van der Waals surface area contributed by atoms with Gasteiger partial charge in [-0.05, 0) is 42.8 Å². The van der Waals surface area contributed by atoms with E-state index in [0.717, 1.165) is 12.1 Å². The number of benzene rings is 2. The lowest BCUT2D eigenvalue weighted by Gasteiger charge is -2.08. The van der Waals surface area contributed by atoms with Gasteiger partial charge in [0.05, 0.1) is 19.0 Å². The predicted molar refractivity (Wildman–Crippen MR) is 90.1 cm³/mol. The van der Waals surface area contributed by atoms with E-state index in [4.69, 9.17) is 0 Å². The molecule has 0 amide bonds. The lowest BCUT2D eigenvalue weighted by molar-refractivity contribution is -0.139. The van der Waals surface area contributed by atoms with Crippen LogP contribution in [0.15, 0.2) is 36.4 Å². The molecule has 5 nitrogen and oxygen atoms in total. The SMILES string of the molecule is COC(=O)Cc1c(C)n(C(=O)c2cccc(F)c2)c2ccc(O)c(F)c12. The van der Waals surface area contributed by atoms with Gasteiger partial charge >= 0.3 is 5.97 Å². The van der Waals surface area contributed by atoms with Gasteiger partial charge in [0.25, 0.3) is 5.91 Å². The monoisotopic (exact) mass is 359 g/mol. The quantitative estimate of drug-likeness (QED) is 0.729. The van der Waals surface area contributed by atoms with E-state index in [1.54, 1.807) is 6.92 Å². The van der Waals surface area contributed by atoms with Crippen LogP contribution in [0.1, 0.15) is 21.6 Å². The number of phenols is 1. The number of halogens is 2. The van der Waals surface area contributed by atoms with E-state index < -0.39 is 29.3 Å². The summed E-state index contributed by atoms with van der Waals surface area (Å²) >= 11 is 0. The number of methoxy groups -OCH3 is 1. The van der Waals surface area contributed by atoms with Crippen LogP contribution < -0.4 is 0 Å². The highest BCUT2D eigenvalue weighted by atomic mass is 19.1. The minimum atomic E-state index is -0.935. The van der Waals surface area contributed by atoms with E-state index in [1.165, 1.54) is 35.9 Å². The van der Waals surface area contributed by atoms with Crippen molar-refractivity contribution in [3.8, 4) is 5.75 Å². The molecule has 7 heteroatoms. The molecule has 3 rings (SSSR count). The highest BCUT2D eigenvalue weighted by Gasteiger charge is 2.25. The van der Waals surface area contributed by atoms with Gasteiger partial charge in [0.2, 0.25) is 0 Å². The minimum Gasteiger partial charge on any atom is -0.505 e. The van der Waals surface area contributed by atoms with Gasteiger partial charge in [0, 0.05) is 16.6 Å². The lowest BCUT2D eigenvalue weighted by Crippen LogP contribution is -2.14. The molecule has 0 saturated carbocycles. The van der Waals surface area contributed by atoms with Gasteiger partial charge < -0.3 is 9.84 Å². The van der Waals surface area contributed by atoms with Crippen LogP contribution in [0.4, 0.5) is 8.78 Å². The number of aromatic hydroxyl groups is 1. The van der Waals surface area contributed by atoms with Gasteiger partial charge in [0.1, 0.15) is 5.82 Å². The average molecular weight is 359 g/mol. The van der Waals surface area contributed by atoms with Crippen molar-refractivity contribution in [2.24, 2.45) is 0 Å². The molecule has 0 aliphatic rings. The molecule has 1 aromatic heterocycles. The Morgan fingerprint density at radius 2 is 1.92 bits per heavy atom. The molecule has 0 bridgehead atoms. The summed E-state index contributed by atoms with van der Waals surface area (Å²) < 4.78 is 33.9. The van der Waals surface area contributed by atoms with Crippen molar-refractivity contribution in [1.29, 1.82) is 0 Å². The third kappa shape index (κ3) is 2.81. The van der Waals surface area contributed by atoms with E-state index in [9.17, 15) is 23.5 Å². The maximum absolute atomic E-state index is 14.5. The van der Waals surface area contributed by atoms with Gasteiger partial charge in [-0.2, -0.15) is 0 Å². The van der Waals surface area contributed by atoms with Crippen molar-refractivity contribution in [3.05, 3.63) is 64.9 Å². The van der Waals surface area contributed by atoms with Crippen molar-refractivity contribution < 1.29 is 28.2 Å². The number of hydrogen-bond acceptors (Lipinski definition) is 4. The molecule has 3 aromatic rings. The van der Waals surface area contributed by atoms with Crippen LogP contribution in [0.5, 0.6) is 5.75 Å². The highest BCUT2D eigenvalue weighted by molar-refractivity contribution is 6.05. The third-order valence-electron chi connectivity index (χ3n) is 4.24. The fourth-order valence-corrected chi connectivity index (χ4v) is 2.97. The van der Waals surface area contributed by atoms with E-state index in [2.05, 4.69) is 4.74 Å². The van der Waals surface area contributed by atoms with Gasteiger partial charge in [0.15, 0.2) is 11.6 Å². The molecule has 1 heterocycles. The first-order valence-electron chi connectivity index (χ1n) is 7.73. The van der Waals surface area contributed by atoms with Crippen LogP contribution in [0.25, 0.3) is 10.9 Å². The topological polar surface area (TPSA) is 68.5 Å². The van der Waals surface area contributed by atoms with Crippen LogP contribution in [0, 0.1) is 18.6 Å². The van der Waals surface area contributed by atoms with Crippen molar-refractivity contribution in [3.63, 3.8) is 0 Å². The number of carbonyl (C=O) groups is 2. The maximum atomic E-state index is 14.5. The summed E-state index contributed by atoms with van der Waals surface area (Å²) in [7, 11) is 1.20.